The Kier molecular flexibility index (Phi) is 4.78. The summed E-state index contributed by atoms with van der Waals surface area (Å²) in [6, 6.07) is 15.4. The van der Waals surface area contributed by atoms with Crippen LogP contribution in [0, 0.1) is 0 Å². The minimum atomic E-state index is -2.13. The number of carbonyl (C=O) groups excluding carboxylic acids is 1. The highest BCUT2D eigenvalue weighted by molar-refractivity contribution is 5.88. The second-order valence-electron chi connectivity index (χ2n) is 7.83. The molecule has 0 saturated heterocycles. The van der Waals surface area contributed by atoms with Crippen molar-refractivity contribution < 1.29 is 35.1 Å². The molecule has 2 atom stereocenters. The zero-order valence-electron chi connectivity index (χ0n) is 16.7. The van der Waals surface area contributed by atoms with Crippen LogP contribution < -0.4 is 4.74 Å². The SMILES string of the molecule is CC(=O)[C@]1(O)Cc2c(O)cc(O)cc2O[C@]1(Cc1ccccc1)c1ccc(O)c(O)c1. The van der Waals surface area contributed by atoms with Crippen LogP contribution >= 0.6 is 0 Å². The molecule has 0 bridgehead atoms. The monoisotopic (exact) mass is 422 g/mol. The van der Waals surface area contributed by atoms with Gasteiger partial charge in [-0.3, -0.25) is 4.79 Å². The number of Topliss-reactive ketones (excluding diaryl/α,β-unsaturated/α-hetero) is 1. The minimum absolute atomic E-state index is 0.0317. The molecule has 5 N–H and O–H groups in total. The van der Waals surface area contributed by atoms with Crippen LogP contribution in [0.2, 0.25) is 0 Å². The van der Waals surface area contributed by atoms with Crippen molar-refractivity contribution in [3.63, 3.8) is 0 Å². The second kappa shape index (κ2) is 7.21. The summed E-state index contributed by atoms with van der Waals surface area (Å²) in [6.07, 6.45) is -0.248. The summed E-state index contributed by atoms with van der Waals surface area (Å²) in [5.74, 6) is -1.86. The van der Waals surface area contributed by atoms with Crippen molar-refractivity contribution in [2.24, 2.45) is 0 Å². The van der Waals surface area contributed by atoms with Gasteiger partial charge >= 0.3 is 0 Å². The number of hydrogen-bond acceptors (Lipinski definition) is 7. The number of benzene rings is 3. The van der Waals surface area contributed by atoms with Crippen molar-refractivity contribution >= 4 is 5.78 Å². The first-order valence-corrected chi connectivity index (χ1v) is 9.70. The highest BCUT2D eigenvalue weighted by Crippen LogP contribution is 2.52. The number of aromatic hydroxyl groups is 4. The molecular formula is C24H22O7. The van der Waals surface area contributed by atoms with E-state index in [9.17, 15) is 30.3 Å². The van der Waals surface area contributed by atoms with E-state index in [0.717, 1.165) is 11.6 Å². The lowest BCUT2D eigenvalue weighted by Gasteiger charge is -2.49. The lowest BCUT2D eigenvalue weighted by molar-refractivity contribution is -0.173. The maximum absolute atomic E-state index is 12.9. The summed E-state index contributed by atoms with van der Waals surface area (Å²) in [4.78, 5) is 12.9. The van der Waals surface area contributed by atoms with E-state index in [1.165, 1.54) is 31.2 Å². The van der Waals surface area contributed by atoms with E-state index >= 15 is 0 Å². The first-order chi connectivity index (χ1) is 14.7. The maximum Gasteiger partial charge on any atom is 0.174 e. The molecule has 0 radical (unpaired) electrons. The van der Waals surface area contributed by atoms with Crippen molar-refractivity contribution in [1.82, 2.24) is 0 Å². The van der Waals surface area contributed by atoms with E-state index in [2.05, 4.69) is 0 Å². The summed E-state index contributed by atoms with van der Waals surface area (Å²) < 4.78 is 6.26. The first kappa shape index (κ1) is 20.6. The summed E-state index contributed by atoms with van der Waals surface area (Å²) >= 11 is 0. The van der Waals surface area contributed by atoms with Gasteiger partial charge in [0.15, 0.2) is 28.5 Å². The molecule has 0 amide bonds. The van der Waals surface area contributed by atoms with Crippen LogP contribution in [0.4, 0.5) is 0 Å². The topological polar surface area (TPSA) is 127 Å². The molecular weight excluding hydrogens is 400 g/mol. The second-order valence-corrected chi connectivity index (χ2v) is 7.83. The number of carbonyl (C=O) groups is 1. The Morgan fingerprint density at radius 1 is 0.935 bits per heavy atom. The molecule has 0 saturated carbocycles. The summed E-state index contributed by atoms with van der Waals surface area (Å²) in [5, 5.41) is 52.0. The minimum Gasteiger partial charge on any atom is -0.508 e. The molecule has 0 aliphatic carbocycles. The molecule has 7 heteroatoms. The fraction of sp³-hybridized carbons (Fsp3) is 0.208. The number of phenolic OH excluding ortho intramolecular Hbond substituents is 4. The van der Waals surface area contributed by atoms with Gasteiger partial charge in [-0.05, 0) is 24.6 Å². The fourth-order valence-corrected chi connectivity index (χ4v) is 4.20. The molecule has 0 unspecified atom stereocenters. The van der Waals surface area contributed by atoms with Crippen LogP contribution in [0.1, 0.15) is 23.6 Å². The predicted octanol–water partition coefficient (Wildman–Crippen LogP) is 2.90. The summed E-state index contributed by atoms with van der Waals surface area (Å²) in [5.41, 5.74) is -2.69. The molecule has 4 rings (SSSR count). The zero-order chi connectivity index (χ0) is 22.4. The molecule has 31 heavy (non-hydrogen) atoms. The largest absolute Gasteiger partial charge is 0.508 e. The average molecular weight is 422 g/mol. The number of aliphatic hydroxyl groups is 1. The van der Waals surface area contributed by atoms with Crippen molar-refractivity contribution in [3.8, 4) is 28.7 Å². The van der Waals surface area contributed by atoms with Crippen molar-refractivity contribution in [1.29, 1.82) is 0 Å². The Morgan fingerprint density at radius 2 is 1.65 bits per heavy atom. The average Bonchev–Trinajstić information content (AvgIpc) is 2.72. The Bertz CT molecular complexity index is 1160. The number of phenols is 4. The molecule has 0 aromatic heterocycles. The third-order valence-corrected chi connectivity index (χ3v) is 5.88. The van der Waals surface area contributed by atoms with Gasteiger partial charge in [0, 0.05) is 36.1 Å². The van der Waals surface area contributed by atoms with E-state index in [1.54, 1.807) is 24.3 Å². The van der Waals surface area contributed by atoms with Crippen LogP contribution in [-0.4, -0.2) is 36.9 Å². The van der Waals surface area contributed by atoms with Gasteiger partial charge < -0.3 is 30.3 Å². The van der Waals surface area contributed by atoms with Gasteiger partial charge in [0.1, 0.15) is 17.2 Å². The molecule has 160 valence electrons. The van der Waals surface area contributed by atoms with E-state index in [1.807, 2.05) is 6.07 Å². The number of rotatable bonds is 4. The molecule has 7 nitrogen and oxygen atoms in total. The molecule has 0 fully saturated rings. The Hall–Kier alpha value is -3.71. The van der Waals surface area contributed by atoms with Crippen LogP contribution in [0.3, 0.4) is 0 Å². The van der Waals surface area contributed by atoms with Gasteiger partial charge in [-0.15, -0.1) is 0 Å². The van der Waals surface area contributed by atoms with Gasteiger partial charge in [-0.25, -0.2) is 0 Å². The fourth-order valence-electron chi connectivity index (χ4n) is 4.20. The van der Waals surface area contributed by atoms with E-state index in [0.29, 0.717) is 0 Å². The molecule has 1 aliphatic heterocycles. The lowest BCUT2D eigenvalue weighted by atomic mass is 9.67. The van der Waals surface area contributed by atoms with Crippen LogP contribution in [0.15, 0.2) is 60.7 Å². The summed E-state index contributed by atoms with van der Waals surface area (Å²) in [7, 11) is 0. The highest BCUT2D eigenvalue weighted by atomic mass is 16.5. The molecule has 1 heterocycles. The molecule has 3 aromatic rings. The van der Waals surface area contributed by atoms with Crippen molar-refractivity contribution in [3.05, 3.63) is 77.4 Å². The van der Waals surface area contributed by atoms with Gasteiger partial charge in [0.05, 0.1) is 0 Å². The van der Waals surface area contributed by atoms with Crippen LogP contribution in [0.25, 0.3) is 0 Å². The number of ketones is 1. The van der Waals surface area contributed by atoms with E-state index in [-0.39, 0.29) is 47.0 Å². The maximum atomic E-state index is 12.9. The number of hydrogen-bond donors (Lipinski definition) is 5. The molecule has 0 spiro atoms. The number of ether oxygens (including phenoxy) is 1. The number of fused-ring (bicyclic) bond motifs is 1. The van der Waals surface area contributed by atoms with Crippen molar-refractivity contribution in [2.45, 2.75) is 31.0 Å². The first-order valence-electron chi connectivity index (χ1n) is 9.70. The van der Waals surface area contributed by atoms with E-state index < -0.39 is 22.7 Å². The molecule has 1 aliphatic rings. The Labute approximate surface area is 178 Å². The van der Waals surface area contributed by atoms with Crippen LogP contribution in [0.5, 0.6) is 28.7 Å². The Morgan fingerprint density at radius 3 is 2.29 bits per heavy atom. The predicted molar refractivity (Wildman–Crippen MR) is 111 cm³/mol. The summed E-state index contributed by atoms with van der Waals surface area (Å²) in [6.45, 7) is 1.23. The standard InChI is InChI=1S/C24H22O7/c1-14(25)23(30)13-18-20(28)10-17(26)11-22(18)31-24(23,12-15-5-3-2-4-6-15)16-7-8-19(27)21(29)9-16/h2-11,26-30H,12-13H2,1H3/t23-,24-/m1/s1. The van der Waals surface area contributed by atoms with Gasteiger partial charge in [-0.1, -0.05) is 36.4 Å². The van der Waals surface area contributed by atoms with E-state index in [4.69, 9.17) is 4.74 Å². The smallest absolute Gasteiger partial charge is 0.174 e. The zero-order valence-corrected chi connectivity index (χ0v) is 16.7. The van der Waals surface area contributed by atoms with Gasteiger partial charge in [-0.2, -0.15) is 0 Å². The molecule has 3 aromatic carbocycles. The third kappa shape index (κ3) is 3.23. The van der Waals surface area contributed by atoms with Gasteiger partial charge in [0.2, 0.25) is 0 Å². The quantitative estimate of drug-likeness (QED) is 0.409. The highest BCUT2D eigenvalue weighted by Gasteiger charge is 2.60. The third-order valence-electron chi connectivity index (χ3n) is 5.88. The van der Waals surface area contributed by atoms with Crippen LogP contribution in [-0.2, 0) is 23.2 Å². The Balaban J connectivity index is 2.02. The lowest BCUT2D eigenvalue weighted by Crippen LogP contribution is -2.64. The normalized spacial score (nSPS) is 22.4. The van der Waals surface area contributed by atoms with Gasteiger partial charge in [0.25, 0.3) is 0 Å². The van der Waals surface area contributed by atoms with Crippen molar-refractivity contribution in [2.75, 3.05) is 0 Å².